The molecule has 1 heterocycles. The standard InChI is InChI=1S/C29H23Br2NO2/c1-33-23-13-7-19(8-14-23)28-25-16-15-24(34-2)17-26(25)27(18-3-9-21(30)10-4-18)29(32-28)20-5-11-22(31)12-6-20/h3-17,27,29H,1-2H3. The number of halogens is 2. The normalized spacial score (nSPS) is 17.0. The van der Waals surface area contributed by atoms with Crippen molar-refractivity contribution in [1.29, 1.82) is 0 Å². The fraction of sp³-hybridized carbons (Fsp3) is 0.138. The molecule has 5 rings (SSSR count). The van der Waals surface area contributed by atoms with E-state index in [0.29, 0.717) is 0 Å². The Kier molecular flexibility index (Phi) is 6.57. The lowest BCUT2D eigenvalue weighted by molar-refractivity contribution is 0.413. The first-order valence-corrected chi connectivity index (χ1v) is 12.6. The zero-order valence-corrected chi connectivity index (χ0v) is 22.0. The minimum Gasteiger partial charge on any atom is -0.497 e. The number of benzene rings is 4. The largest absolute Gasteiger partial charge is 0.497 e. The molecule has 1 aliphatic rings. The van der Waals surface area contributed by atoms with E-state index in [1.54, 1.807) is 14.2 Å². The highest BCUT2D eigenvalue weighted by Gasteiger charge is 2.34. The average molecular weight is 577 g/mol. The van der Waals surface area contributed by atoms with Crippen LogP contribution in [0.15, 0.2) is 105 Å². The second-order valence-corrected chi connectivity index (χ2v) is 10.0. The second-order valence-electron chi connectivity index (χ2n) is 8.18. The van der Waals surface area contributed by atoms with E-state index in [1.807, 2.05) is 18.2 Å². The minimum atomic E-state index is -0.0917. The lowest BCUT2D eigenvalue weighted by atomic mass is 9.76. The summed E-state index contributed by atoms with van der Waals surface area (Å²) in [4.78, 5) is 5.39. The van der Waals surface area contributed by atoms with Crippen LogP contribution in [-0.2, 0) is 0 Å². The van der Waals surface area contributed by atoms with Crippen LogP contribution in [0, 0.1) is 0 Å². The molecule has 0 fully saturated rings. The van der Waals surface area contributed by atoms with Crippen LogP contribution in [0.2, 0.25) is 0 Å². The molecule has 0 spiro atoms. The average Bonchev–Trinajstić information content (AvgIpc) is 2.88. The van der Waals surface area contributed by atoms with Crippen LogP contribution in [0.25, 0.3) is 0 Å². The SMILES string of the molecule is COc1ccc(C2=NC(c3ccc(Br)cc3)C(c3ccc(Br)cc3)c3cc(OC)ccc32)cc1. The molecule has 0 saturated heterocycles. The third-order valence-electron chi connectivity index (χ3n) is 6.24. The molecule has 3 nitrogen and oxygen atoms in total. The van der Waals surface area contributed by atoms with Gasteiger partial charge in [0.2, 0.25) is 0 Å². The van der Waals surface area contributed by atoms with Crippen molar-refractivity contribution >= 4 is 37.6 Å². The molecule has 0 radical (unpaired) electrons. The maximum atomic E-state index is 5.64. The van der Waals surface area contributed by atoms with Gasteiger partial charge in [0.15, 0.2) is 0 Å². The van der Waals surface area contributed by atoms with Gasteiger partial charge in [0, 0.05) is 26.0 Å². The molecular formula is C29H23Br2NO2. The monoisotopic (exact) mass is 575 g/mol. The molecule has 0 saturated carbocycles. The van der Waals surface area contributed by atoms with Crippen molar-refractivity contribution in [2.24, 2.45) is 4.99 Å². The lowest BCUT2D eigenvalue weighted by Gasteiger charge is -2.33. The Bertz CT molecular complexity index is 1330. The number of rotatable bonds is 5. The fourth-order valence-corrected chi connectivity index (χ4v) is 5.06. The van der Waals surface area contributed by atoms with E-state index in [9.17, 15) is 0 Å². The maximum absolute atomic E-state index is 5.64. The highest BCUT2D eigenvalue weighted by atomic mass is 79.9. The topological polar surface area (TPSA) is 30.8 Å². The van der Waals surface area contributed by atoms with Crippen LogP contribution in [0.5, 0.6) is 11.5 Å². The van der Waals surface area contributed by atoms with Gasteiger partial charge in [-0.2, -0.15) is 0 Å². The molecular weight excluding hydrogens is 554 g/mol. The Labute approximate surface area is 216 Å². The fourth-order valence-electron chi connectivity index (χ4n) is 4.53. The number of aliphatic imine (C=N–C) groups is 1. The molecule has 2 atom stereocenters. The third-order valence-corrected chi connectivity index (χ3v) is 7.29. The molecule has 4 aromatic rings. The van der Waals surface area contributed by atoms with Gasteiger partial charge < -0.3 is 9.47 Å². The van der Waals surface area contributed by atoms with Gasteiger partial charge in [0.1, 0.15) is 11.5 Å². The van der Waals surface area contributed by atoms with Crippen molar-refractivity contribution < 1.29 is 9.47 Å². The molecule has 5 heteroatoms. The minimum absolute atomic E-state index is 0.0429. The molecule has 34 heavy (non-hydrogen) atoms. The van der Waals surface area contributed by atoms with Crippen LogP contribution in [0.4, 0.5) is 0 Å². The summed E-state index contributed by atoms with van der Waals surface area (Å²) in [6, 6.07) is 31.3. The van der Waals surface area contributed by atoms with Crippen LogP contribution >= 0.6 is 31.9 Å². The smallest absolute Gasteiger partial charge is 0.119 e. The van der Waals surface area contributed by atoms with Crippen molar-refractivity contribution in [2.45, 2.75) is 12.0 Å². The van der Waals surface area contributed by atoms with Gasteiger partial charge in [-0.25, -0.2) is 0 Å². The Balaban J connectivity index is 1.75. The number of hydrogen-bond acceptors (Lipinski definition) is 3. The Morgan fingerprint density at radius 3 is 1.79 bits per heavy atom. The van der Waals surface area contributed by atoms with Crippen LogP contribution in [0.1, 0.15) is 39.8 Å². The molecule has 1 aliphatic heterocycles. The van der Waals surface area contributed by atoms with Crippen molar-refractivity contribution in [3.8, 4) is 11.5 Å². The molecule has 0 aliphatic carbocycles. The highest BCUT2D eigenvalue weighted by Crippen LogP contribution is 2.46. The third kappa shape index (κ3) is 4.42. The van der Waals surface area contributed by atoms with E-state index >= 15 is 0 Å². The van der Waals surface area contributed by atoms with Crippen LogP contribution in [0.3, 0.4) is 0 Å². The highest BCUT2D eigenvalue weighted by molar-refractivity contribution is 9.10. The summed E-state index contributed by atoms with van der Waals surface area (Å²) < 4.78 is 13.1. The summed E-state index contributed by atoms with van der Waals surface area (Å²) in [7, 11) is 3.39. The first-order chi connectivity index (χ1) is 16.6. The number of ether oxygens (including phenoxy) is 2. The maximum Gasteiger partial charge on any atom is 0.119 e. The molecule has 0 amide bonds. The number of methoxy groups -OCH3 is 2. The first-order valence-electron chi connectivity index (χ1n) is 11.0. The molecule has 0 bridgehead atoms. The van der Waals surface area contributed by atoms with Crippen molar-refractivity contribution in [1.82, 2.24) is 0 Å². The van der Waals surface area contributed by atoms with E-state index in [0.717, 1.165) is 42.8 Å². The predicted octanol–water partition coefficient (Wildman–Crippen LogP) is 7.95. The van der Waals surface area contributed by atoms with Gasteiger partial charge in [0.05, 0.1) is 26.0 Å². The Morgan fingerprint density at radius 2 is 1.21 bits per heavy atom. The van der Waals surface area contributed by atoms with Gasteiger partial charge >= 0.3 is 0 Å². The van der Waals surface area contributed by atoms with Crippen molar-refractivity contribution in [3.63, 3.8) is 0 Å². The Morgan fingerprint density at radius 1 is 0.647 bits per heavy atom. The van der Waals surface area contributed by atoms with E-state index < -0.39 is 0 Å². The molecule has 170 valence electrons. The van der Waals surface area contributed by atoms with Crippen molar-refractivity contribution in [3.05, 3.63) is 128 Å². The molecule has 0 N–H and O–H groups in total. The lowest BCUT2D eigenvalue weighted by Crippen LogP contribution is -2.23. The quantitative estimate of drug-likeness (QED) is 0.241. The van der Waals surface area contributed by atoms with Gasteiger partial charge in [-0.15, -0.1) is 0 Å². The van der Waals surface area contributed by atoms with Gasteiger partial charge in [-0.3, -0.25) is 4.99 Å². The summed E-state index contributed by atoms with van der Waals surface area (Å²) in [5.41, 5.74) is 6.73. The van der Waals surface area contributed by atoms with E-state index in [1.165, 1.54) is 11.1 Å². The number of nitrogens with zero attached hydrogens (tertiary/aromatic N) is 1. The van der Waals surface area contributed by atoms with Crippen LogP contribution in [-0.4, -0.2) is 19.9 Å². The second kappa shape index (κ2) is 9.77. The number of fused-ring (bicyclic) bond motifs is 1. The summed E-state index contributed by atoms with van der Waals surface area (Å²) in [6.45, 7) is 0. The van der Waals surface area contributed by atoms with E-state index in [2.05, 4.69) is 105 Å². The van der Waals surface area contributed by atoms with Crippen LogP contribution < -0.4 is 9.47 Å². The summed E-state index contributed by atoms with van der Waals surface area (Å²) >= 11 is 7.16. The first kappa shape index (κ1) is 22.9. The van der Waals surface area contributed by atoms with Gasteiger partial charge in [-0.05, 0) is 83.4 Å². The summed E-state index contributed by atoms with van der Waals surface area (Å²) in [5.74, 6) is 1.71. The zero-order valence-electron chi connectivity index (χ0n) is 18.8. The molecule has 4 aromatic carbocycles. The summed E-state index contributed by atoms with van der Waals surface area (Å²) in [6.07, 6.45) is 0. The zero-order chi connectivity index (χ0) is 23.7. The molecule has 2 unspecified atom stereocenters. The van der Waals surface area contributed by atoms with E-state index in [4.69, 9.17) is 14.5 Å². The summed E-state index contributed by atoms with van der Waals surface area (Å²) in [5, 5.41) is 0. The molecule has 0 aromatic heterocycles. The Hall–Kier alpha value is -2.89. The predicted molar refractivity (Wildman–Crippen MR) is 144 cm³/mol. The van der Waals surface area contributed by atoms with Gasteiger partial charge in [0.25, 0.3) is 0 Å². The van der Waals surface area contributed by atoms with E-state index in [-0.39, 0.29) is 12.0 Å². The number of hydrogen-bond donors (Lipinski definition) is 0. The van der Waals surface area contributed by atoms with Gasteiger partial charge in [-0.1, -0.05) is 56.1 Å². The van der Waals surface area contributed by atoms with Crippen molar-refractivity contribution in [2.75, 3.05) is 14.2 Å².